The molecule has 0 aromatic rings. The van der Waals surface area contributed by atoms with Crippen LogP contribution in [0.4, 0.5) is 0 Å². The maximum Gasteiger partial charge on any atom is 0.370 e. The predicted molar refractivity (Wildman–Crippen MR) is 111 cm³/mol. The van der Waals surface area contributed by atoms with Gasteiger partial charge >= 0.3 is 14.5 Å². The Balaban J connectivity index is 2.00. The fourth-order valence-electron chi connectivity index (χ4n) is 3.70. The zero-order chi connectivity index (χ0) is 21.1. The molecule has 2 atom stereocenters. The van der Waals surface area contributed by atoms with Gasteiger partial charge in [-0.05, 0) is 13.5 Å². The summed E-state index contributed by atoms with van der Waals surface area (Å²) in [5.41, 5.74) is -0.740. The van der Waals surface area contributed by atoms with Crippen molar-refractivity contribution in [3.05, 3.63) is 0 Å². The second kappa shape index (κ2) is 9.35. The van der Waals surface area contributed by atoms with Crippen LogP contribution in [-0.4, -0.2) is 104 Å². The minimum Gasteiger partial charge on any atom is -0.480 e. The van der Waals surface area contributed by atoms with Gasteiger partial charge < -0.3 is 24.9 Å². The number of carboxylic acids is 1. The van der Waals surface area contributed by atoms with Crippen molar-refractivity contribution < 1.29 is 29.1 Å². The van der Waals surface area contributed by atoms with Gasteiger partial charge in [0.15, 0.2) is 0 Å². The molecule has 0 bridgehead atoms. The highest BCUT2D eigenvalue weighted by Crippen LogP contribution is 2.51. The van der Waals surface area contributed by atoms with Gasteiger partial charge in [0, 0.05) is 37.6 Å². The van der Waals surface area contributed by atoms with Crippen LogP contribution in [0.5, 0.6) is 0 Å². The van der Waals surface area contributed by atoms with Crippen molar-refractivity contribution in [3.8, 4) is 0 Å². The Hall–Kier alpha value is -0.793. The number of amides is 2. The first-order chi connectivity index (χ1) is 13.0. The largest absolute Gasteiger partial charge is 0.480 e. The lowest BCUT2D eigenvalue weighted by Gasteiger charge is -2.32. The van der Waals surface area contributed by atoms with E-state index in [1.54, 1.807) is 37.5 Å². The predicted octanol–water partition coefficient (Wildman–Crippen LogP) is -0.800. The van der Waals surface area contributed by atoms with Crippen molar-refractivity contribution in [1.82, 2.24) is 15.1 Å². The van der Waals surface area contributed by atoms with E-state index in [9.17, 15) is 29.1 Å². The summed E-state index contributed by atoms with van der Waals surface area (Å²) in [4.78, 5) is 59.6. The fraction of sp³-hybridized carbons (Fsp3) is 0.812. The summed E-state index contributed by atoms with van der Waals surface area (Å²) < 4.78 is -0.248. The number of rotatable bonds is 8. The van der Waals surface area contributed by atoms with Crippen molar-refractivity contribution in [2.24, 2.45) is 0 Å². The maximum atomic E-state index is 12.8. The zero-order valence-corrected chi connectivity index (χ0v) is 19.0. The topological polar surface area (TPSA) is 130 Å². The number of nitrogens with one attached hydrogen (secondary N) is 1. The van der Waals surface area contributed by atoms with Gasteiger partial charge in [0.25, 0.3) is 0 Å². The monoisotopic (exact) mass is 451 g/mol. The van der Waals surface area contributed by atoms with Crippen molar-refractivity contribution in [1.29, 1.82) is 0 Å². The number of aliphatic carboxylic acids is 1. The van der Waals surface area contributed by atoms with Gasteiger partial charge in [0.1, 0.15) is 6.04 Å². The molecule has 0 radical (unpaired) electrons. The summed E-state index contributed by atoms with van der Waals surface area (Å²) in [6.45, 7) is 3.34. The third kappa shape index (κ3) is 5.63. The molecule has 0 aromatic carbocycles. The highest BCUT2D eigenvalue weighted by atomic mass is 32.2. The van der Waals surface area contributed by atoms with E-state index in [1.165, 1.54) is 16.7 Å². The summed E-state index contributed by atoms with van der Waals surface area (Å²) in [5, 5.41) is 12.1. The highest BCUT2D eigenvalue weighted by Gasteiger charge is 2.51. The Kier molecular flexibility index (Phi) is 7.84. The average molecular weight is 452 g/mol. The summed E-state index contributed by atoms with van der Waals surface area (Å²) >= 11 is 3.43. The molecular formula is C16H29N3O6S2Si. The number of carbonyl (C=O) groups is 3. The normalized spacial score (nSPS) is 22.6. The summed E-state index contributed by atoms with van der Waals surface area (Å²) in [5.74, 6) is 0.208. The van der Waals surface area contributed by atoms with Crippen LogP contribution in [0.1, 0.15) is 26.7 Å². The smallest absolute Gasteiger partial charge is 0.370 e. The van der Waals surface area contributed by atoms with Crippen molar-refractivity contribution >= 4 is 49.9 Å². The highest BCUT2D eigenvalue weighted by molar-refractivity contribution is 8.21. The third-order valence-corrected chi connectivity index (χ3v) is 11.1. The van der Waals surface area contributed by atoms with Crippen molar-refractivity contribution in [2.45, 2.75) is 42.5 Å². The van der Waals surface area contributed by atoms with Gasteiger partial charge in [-0.25, -0.2) is 4.79 Å². The van der Waals surface area contributed by atoms with E-state index in [4.69, 9.17) is 0 Å². The zero-order valence-electron chi connectivity index (χ0n) is 16.4. The molecule has 2 amide bonds. The molecule has 0 aromatic heterocycles. The number of likely N-dealkylation sites (tertiary alicyclic amines) is 1. The maximum absolute atomic E-state index is 12.8. The first-order valence-electron chi connectivity index (χ1n) is 9.20. The number of carbonyl (C=O) groups excluding carboxylic acids is 2. The van der Waals surface area contributed by atoms with Crippen LogP contribution in [-0.2, 0) is 14.4 Å². The first-order valence-corrected chi connectivity index (χ1v) is 13.4. The molecule has 28 heavy (non-hydrogen) atoms. The van der Waals surface area contributed by atoms with E-state index in [0.29, 0.717) is 19.4 Å². The summed E-state index contributed by atoms with van der Waals surface area (Å²) in [7, 11) is -2.25. The number of likely N-dealkylation sites (N-methyl/N-ethyl adjacent to an activating group) is 1. The molecular weight excluding hydrogens is 422 g/mol. The molecule has 2 unspecified atom stereocenters. The number of thioether (sulfide) groups is 2. The molecule has 2 fully saturated rings. The van der Waals surface area contributed by atoms with E-state index in [2.05, 4.69) is 5.32 Å². The van der Waals surface area contributed by atoms with Crippen LogP contribution in [0, 0.1) is 0 Å². The van der Waals surface area contributed by atoms with E-state index in [0.717, 1.165) is 11.5 Å². The van der Waals surface area contributed by atoms with Crippen LogP contribution in [0.15, 0.2) is 0 Å². The molecule has 12 heteroatoms. The Morgan fingerprint density at radius 2 is 1.93 bits per heavy atom. The second-order valence-electron chi connectivity index (χ2n) is 7.40. The minimum absolute atomic E-state index is 0.110. The molecule has 1 spiro atoms. The van der Waals surface area contributed by atoms with Crippen LogP contribution in [0.2, 0.25) is 0 Å². The molecule has 9 nitrogen and oxygen atoms in total. The van der Waals surface area contributed by atoms with Crippen LogP contribution >= 0.6 is 23.5 Å². The quantitative estimate of drug-likeness (QED) is 0.350. The van der Waals surface area contributed by atoms with Crippen LogP contribution in [0.3, 0.4) is 0 Å². The van der Waals surface area contributed by atoms with Gasteiger partial charge in [-0.2, -0.15) is 0 Å². The number of carboxylic acid groups (broad SMARTS) is 1. The first kappa shape index (κ1) is 23.5. The Morgan fingerprint density at radius 1 is 1.32 bits per heavy atom. The number of nitrogens with zero attached hydrogens (tertiary/aromatic N) is 2. The second-order valence-corrected chi connectivity index (χ2v) is 13.4. The lowest BCUT2D eigenvalue weighted by molar-refractivity contribution is -0.148. The van der Waals surface area contributed by atoms with Gasteiger partial charge in [0.05, 0.1) is 16.3 Å². The van der Waals surface area contributed by atoms with Gasteiger partial charge in [-0.1, -0.05) is 6.92 Å². The molecule has 2 heterocycles. The Labute approximate surface area is 174 Å². The van der Waals surface area contributed by atoms with E-state index in [1.807, 2.05) is 0 Å². The number of hydrogen-bond acceptors (Lipinski definition) is 8. The van der Waals surface area contributed by atoms with E-state index in [-0.39, 0.29) is 28.6 Å². The van der Waals surface area contributed by atoms with Gasteiger partial charge in [-0.3, -0.25) is 14.5 Å². The molecule has 160 valence electrons. The summed E-state index contributed by atoms with van der Waals surface area (Å²) in [6.07, 6.45) is 0.661. The van der Waals surface area contributed by atoms with Crippen LogP contribution < -0.4 is 5.32 Å². The Morgan fingerprint density at radius 3 is 2.43 bits per heavy atom. The molecule has 2 saturated heterocycles. The van der Waals surface area contributed by atoms with E-state index >= 15 is 0 Å². The molecule has 0 saturated carbocycles. The van der Waals surface area contributed by atoms with Crippen molar-refractivity contribution in [3.63, 3.8) is 0 Å². The molecule has 2 aliphatic rings. The molecule has 2 rings (SSSR count). The summed E-state index contributed by atoms with van der Waals surface area (Å²) in [6, 6.07) is -0.855. The minimum atomic E-state index is -3.84. The lowest BCUT2D eigenvalue weighted by atomic mass is 10.2. The van der Waals surface area contributed by atoms with Crippen LogP contribution in [0.25, 0.3) is 0 Å². The lowest BCUT2D eigenvalue weighted by Crippen LogP contribution is -2.63. The Bertz CT molecular complexity index is 617. The van der Waals surface area contributed by atoms with Crippen molar-refractivity contribution in [2.75, 3.05) is 37.8 Å². The van der Waals surface area contributed by atoms with Gasteiger partial charge in [-0.15, -0.1) is 23.5 Å². The molecule has 4 N–H and O–H groups in total. The average Bonchev–Trinajstić information content (AvgIpc) is 3.19. The SMILES string of the molecule is CCC(NC(C)=O)[Si](O)(O)CN(C)CC(=O)N1CC2(CC1C(=O)O)SCCS2. The molecule has 0 aliphatic carbocycles. The van der Waals surface area contributed by atoms with Gasteiger partial charge in [0.2, 0.25) is 11.8 Å². The van der Waals surface area contributed by atoms with E-state index < -0.39 is 26.2 Å². The third-order valence-electron chi connectivity index (χ3n) is 4.96. The number of hydrogen-bond donors (Lipinski definition) is 4. The molecule has 2 aliphatic heterocycles. The fourth-order valence-corrected chi connectivity index (χ4v) is 9.17. The standard InChI is InChI=1S/C16H29N3O6S2Si/c1-4-13(17-11(2)20)28(24,25)10-18(3)8-14(21)19-9-16(26-5-6-27-16)7-12(19)15(22)23/h12-13,24-25H,4-10H2,1-3H3,(H,17,20)(H,22,23).